The summed E-state index contributed by atoms with van der Waals surface area (Å²) in [5.41, 5.74) is 0.951. The van der Waals surface area contributed by atoms with E-state index in [1.807, 2.05) is 79.8 Å². The second-order valence-corrected chi connectivity index (χ2v) is 4.33. The smallest absolute Gasteiger partial charge is 0.158 e. The Morgan fingerprint density at radius 3 is 2.24 bits per heavy atom. The van der Waals surface area contributed by atoms with E-state index in [4.69, 9.17) is 0 Å². The van der Waals surface area contributed by atoms with Crippen molar-refractivity contribution >= 4 is 18.8 Å². The third-order valence-corrected chi connectivity index (χ3v) is 2.51. The van der Waals surface area contributed by atoms with E-state index in [9.17, 15) is 0 Å². The highest BCUT2D eigenvalue weighted by Crippen LogP contribution is 2.01. The molecule has 0 aliphatic carbocycles. The summed E-state index contributed by atoms with van der Waals surface area (Å²) in [5, 5.41) is 0. The summed E-state index contributed by atoms with van der Waals surface area (Å²) in [6.07, 6.45) is 19.9. The van der Waals surface area contributed by atoms with Gasteiger partial charge in [0.05, 0.1) is 0 Å². The van der Waals surface area contributed by atoms with Crippen LogP contribution in [0.3, 0.4) is 0 Å². The minimum atomic E-state index is 0.602. The Hall–Kier alpha value is -3.33. The Kier molecular flexibility index (Phi) is 14.8. The topological polar surface area (TPSA) is 37.1 Å². The third-order valence-electron chi connectivity index (χ3n) is 2.51. The highest BCUT2D eigenvalue weighted by molar-refractivity contribution is 6.01. The van der Waals surface area contributed by atoms with E-state index < -0.39 is 0 Å². The Balaban J connectivity index is 0.000000462. The Morgan fingerprint density at radius 1 is 0.920 bits per heavy atom. The van der Waals surface area contributed by atoms with E-state index in [1.165, 1.54) is 6.20 Å². The maximum absolute atomic E-state index is 3.99. The van der Waals surface area contributed by atoms with Crippen molar-refractivity contribution in [1.29, 1.82) is 0 Å². The fourth-order valence-electron chi connectivity index (χ4n) is 1.45. The first-order valence-electron chi connectivity index (χ1n) is 7.76. The molecular formula is C22H25N3. The number of benzene rings is 1. The molecule has 1 aromatic rings. The summed E-state index contributed by atoms with van der Waals surface area (Å²) in [5.74, 6) is 0.602. The minimum absolute atomic E-state index is 0.602. The molecule has 25 heavy (non-hydrogen) atoms. The monoisotopic (exact) mass is 331 g/mol. The zero-order valence-corrected chi connectivity index (χ0v) is 14.7. The van der Waals surface area contributed by atoms with Gasteiger partial charge in [-0.15, -0.1) is 0 Å². The van der Waals surface area contributed by atoms with Gasteiger partial charge in [-0.1, -0.05) is 79.9 Å². The van der Waals surface area contributed by atoms with Gasteiger partial charge in [-0.3, -0.25) is 4.99 Å². The normalized spacial score (nSPS) is 12.1. The van der Waals surface area contributed by atoms with Gasteiger partial charge in [0.15, 0.2) is 5.84 Å². The summed E-state index contributed by atoms with van der Waals surface area (Å²) in [4.78, 5) is 11.7. The Morgan fingerprint density at radius 2 is 1.64 bits per heavy atom. The van der Waals surface area contributed by atoms with Gasteiger partial charge in [-0.2, -0.15) is 0 Å². The maximum atomic E-state index is 3.99. The van der Waals surface area contributed by atoms with Crippen molar-refractivity contribution in [2.75, 3.05) is 0 Å². The number of aliphatic imine (C=N–C) groups is 3. The molecule has 0 atom stereocenters. The maximum Gasteiger partial charge on any atom is 0.158 e. The van der Waals surface area contributed by atoms with Crippen LogP contribution in [0, 0.1) is 0 Å². The second kappa shape index (κ2) is 17.0. The van der Waals surface area contributed by atoms with Gasteiger partial charge in [-0.05, 0) is 25.8 Å². The van der Waals surface area contributed by atoms with E-state index in [2.05, 4.69) is 34.9 Å². The quantitative estimate of drug-likeness (QED) is 0.348. The van der Waals surface area contributed by atoms with Gasteiger partial charge in [0.2, 0.25) is 0 Å². The lowest BCUT2D eigenvalue weighted by atomic mass is 10.2. The molecule has 0 radical (unpaired) electrons. The molecule has 1 aromatic carbocycles. The van der Waals surface area contributed by atoms with Gasteiger partial charge in [0.1, 0.15) is 0 Å². The highest BCUT2D eigenvalue weighted by atomic mass is 14.9. The molecule has 0 saturated carbocycles. The molecule has 3 nitrogen and oxygen atoms in total. The minimum Gasteiger partial charge on any atom is -0.265 e. The SMILES string of the molecule is C=C/C=C/C=N/C=C\C=C/C=C/C.C=CN=C(N=C)c1ccccc1. The summed E-state index contributed by atoms with van der Waals surface area (Å²) in [6, 6.07) is 9.66. The van der Waals surface area contributed by atoms with Crippen LogP contribution in [0.1, 0.15) is 12.5 Å². The lowest BCUT2D eigenvalue weighted by Gasteiger charge is -1.96. The molecule has 0 bridgehead atoms. The number of amidine groups is 1. The summed E-state index contributed by atoms with van der Waals surface area (Å²) in [6.45, 7) is 12.4. The molecule has 0 spiro atoms. The summed E-state index contributed by atoms with van der Waals surface area (Å²) < 4.78 is 0. The molecule has 0 aliphatic rings. The zero-order chi connectivity index (χ0) is 18.6. The van der Waals surface area contributed by atoms with Crippen LogP contribution in [0.4, 0.5) is 0 Å². The van der Waals surface area contributed by atoms with Gasteiger partial charge in [0.25, 0.3) is 0 Å². The Labute approximate surface area is 151 Å². The third kappa shape index (κ3) is 12.9. The first kappa shape index (κ1) is 21.7. The Bertz CT molecular complexity index is 672. The number of hydrogen-bond donors (Lipinski definition) is 0. The molecule has 0 heterocycles. The zero-order valence-electron chi connectivity index (χ0n) is 14.7. The molecule has 0 aliphatic heterocycles. The lowest BCUT2D eigenvalue weighted by molar-refractivity contribution is 1.48. The van der Waals surface area contributed by atoms with Crippen LogP contribution in [0.5, 0.6) is 0 Å². The van der Waals surface area contributed by atoms with Gasteiger partial charge < -0.3 is 0 Å². The van der Waals surface area contributed by atoms with Crippen LogP contribution in [0.25, 0.3) is 0 Å². The summed E-state index contributed by atoms with van der Waals surface area (Å²) in [7, 11) is 0. The molecule has 0 aromatic heterocycles. The molecule has 0 unspecified atom stereocenters. The largest absolute Gasteiger partial charge is 0.265 e. The highest BCUT2D eigenvalue weighted by Gasteiger charge is 1.95. The molecule has 0 fully saturated rings. The summed E-state index contributed by atoms with van der Waals surface area (Å²) >= 11 is 0. The first-order valence-corrected chi connectivity index (χ1v) is 7.76. The number of nitrogens with zero attached hydrogens (tertiary/aromatic N) is 3. The number of rotatable bonds is 7. The van der Waals surface area contributed by atoms with Crippen LogP contribution >= 0.6 is 0 Å². The van der Waals surface area contributed by atoms with Crippen molar-refractivity contribution in [2.24, 2.45) is 15.0 Å². The standard InChI is InChI=1S/C12H15N.C10H10N2/c1-3-5-7-8-10-12-13-11-9-6-4-2;1-3-12-10(11-2)9-7-5-4-6-8-9/h3-12H,2H2,1H3;3-8H,1-2H2/b5-3+,8-7-,9-6+,12-10-,13-11+;. The molecule has 0 amide bonds. The molecule has 0 N–H and O–H groups in total. The van der Waals surface area contributed by atoms with Crippen molar-refractivity contribution in [2.45, 2.75) is 6.92 Å². The van der Waals surface area contributed by atoms with E-state index in [0.29, 0.717) is 5.84 Å². The van der Waals surface area contributed by atoms with E-state index in [1.54, 1.807) is 18.5 Å². The van der Waals surface area contributed by atoms with Crippen LogP contribution < -0.4 is 0 Å². The van der Waals surface area contributed by atoms with E-state index in [0.717, 1.165) is 5.56 Å². The average molecular weight is 331 g/mol. The second-order valence-electron chi connectivity index (χ2n) is 4.33. The average Bonchev–Trinajstić information content (AvgIpc) is 2.66. The first-order chi connectivity index (χ1) is 12.3. The number of hydrogen-bond acceptors (Lipinski definition) is 2. The molecule has 1 rings (SSSR count). The van der Waals surface area contributed by atoms with Crippen molar-refractivity contribution in [3.8, 4) is 0 Å². The van der Waals surface area contributed by atoms with Crippen LogP contribution in [-0.2, 0) is 0 Å². The van der Waals surface area contributed by atoms with E-state index in [-0.39, 0.29) is 0 Å². The van der Waals surface area contributed by atoms with Crippen molar-refractivity contribution < 1.29 is 0 Å². The van der Waals surface area contributed by atoms with Gasteiger partial charge in [-0.25, -0.2) is 9.98 Å². The van der Waals surface area contributed by atoms with Crippen LogP contribution in [0.2, 0.25) is 0 Å². The predicted octanol–water partition coefficient (Wildman–Crippen LogP) is 5.72. The fraction of sp³-hybridized carbons (Fsp3) is 0.0455. The van der Waals surface area contributed by atoms with Crippen molar-refractivity contribution in [1.82, 2.24) is 0 Å². The predicted molar refractivity (Wildman–Crippen MR) is 114 cm³/mol. The van der Waals surface area contributed by atoms with Crippen molar-refractivity contribution in [3.05, 3.63) is 110 Å². The van der Waals surface area contributed by atoms with Gasteiger partial charge >= 0.3 is 0 Å². The molecular weight excluding hydrogens is 306 g/mol. The van der Waals surface area contributed by atoms with Gasteiger partial charge in [0, 0.05) is 24.2 Å². The van der Waals surface area contributed by atoms with Crippen molar-refractivity contribution in [3.63, 3.8) is 0 Å². The van der Waals surface area contributed by atoms with E-state index >= 15 is 0 Å². The van der Waals surface area contributed by atoms with Crippen LogP contribution in [0.15, 0.2) is 119 Å². The molecule has 3 heteroatoms. The van der Waals surface area contributed by atoms with Crippen LogP contribution in [-0.4, -0.2) is 18.8 Å². The number of allylic oxidation sites excluding steroid dienone is 8. The molecule has 0 saturated heterocycles. The lowest BCUT2D eigenvalue weighted by Crippen LogP contribution is -1.94. The fourth-order valence-corrected chi connectivity index (χ4v) is 1.45. The molecule has 128 valence electrons.